The summed E-state index contributed by atoms with van der Waals surface area (Å²) in [6, 6.07) is 20.5. The number of benzene rings is 2. The minimum absolute atomic E-state index is 0.812. The predicted octanol–water partition coefficient (Wildman–Crippen LogP) is 4.68. The molecule has 6 heteroatoms. The molecule has 2 aromatic heterocycles. The molecule has 24 heavy (non-hydrogen) atoms. The second-order valence-electron chi connectivity index (χ2n) is 5.14. The summed E-state index contributed by atoms with van der Waals surface area (Å²) in [6.07, 6.45) is 2.10. The molecule has 0 unspecified atom stereocenters. The lowest BCUT2D eigenvalue weighted by Crippen LogP contribution is -1.93. The molecule has 0 radical (unpaired) electrons. The molecule has 0 aliphatic carbocycles. The van der Waals surface area contributed by atoms with E-state index in [1.165, 1.54) is 5.56 Å². The van der Waals surface area contributed by atoms with Crippen LogP contribution in [0.3, 0.4) is 0 Å². The van der Waals surface area contributed by atoms with Crippen molar-refractivity contribution in [3.63, 3.8) is 0 Å². The maximum Gasteiger partial charge on any atom is 0.174 e. The Morgan fingerprint density at radius 3 is 2.42 bits per heavy atom. The highest BCUT2D eigenvalue weighted by molar-refractivity contribution is 8.00. The topological polar surface area (TPSA) is 43.6 Å². The Hall–Kier alpha value is -2.44. The third kappa shape index (κ3) is 3.25. The molecule has 4 aromatic rings. The minimum Gasteiger partial charge on any atom is -0.240 e. The summed E-state index contributed by atoms with van der Waals surface area (Å²) < 4.78 is 2.92. The first kappa shape index (κ1) is 15.1. The van der Waals surface area contributed by atoms with Crippen LogP contribution in [0.1, 0.15) is 5.56 Å². The Balaban J connectivity index is 1.71. The van der Waals surface area contributed by atoms with Crippen LogP contribution in [0.15, 0.2) is 76.7 Å². The molecule has 4 rings (SSSR count). The molecule has 0 bridgehead atoms. The molecule has 0 aliphatic rings. The van der Waals surface area contributed by atoms with E-state index in [1.54, 1.807) is 28.6 Å². The van der Waals surface area contributed by atoms with Crippen LogP contribution in [0.5, 0.6) is 0 Å². The van der Waals surface area contributed by atoms with E-state index in [-0.39, 0.29) is 0 Å². The van der Waals surface area contributed by atoms with Crippen molar-refractivity contribution in [2.24, 2.45) is 0 Å². The summed E-state index contributed by atoms with van der Waals surface area (Å²) in [7, 11) is 0. The number of nitrogens with zero attached hydrogens (tertiary/aromatic N) is 4. The molecule has 0 amide bonds. The Morgan fingerprint density at radius 2 is 1.71 bits per heavy atom. The highest BCUT2D eigenvalue weighted by atomic mass is 32.2. The van der Waals surface area contributed by atoms with Crippen molar-refractivity contribution < 1.29 is 0 Å². The van der Waals surface area contributed by atoms with Gasteiger partial charge in [0.05, 0.1) is 11.4 Å². The van der Waals surface area contributed by atoms with Gasteiger partial charge in [-0.25, -0.2) is 4.68 Å². The van der Waals surface area contributed by atoms with Gasteiger partial charge >= 0.3 is 0 Å². The fraction of sp³-hybridized carbons (Fsp3) is 0.0556. The van der Waals surface area contributed by atoms with Gasteiger partial charge < -0.3 is 0 Å². The smallest absolute Gasteiger partial charge is 0.174 e. The molecule has 0 saturated heterocycles. The van der Waals surface area contributed by atoms with E-state index in [9.17, 15) is 0 Å². The Bertz CT molecular complexity index is 903. The fourth-order valence-electron chi connectivity index (χ4n) is 2.43. The summed E-state index contributed by atoms with van der Waals surface area (Å²) in [5.41, 5.74) is 6.14. The first-order chi connectivity index (χ1) is 11.9. The van der Waals surface area contributed by atoms with Gasteiger partial charge in [0.1, 0.15) is 5.51 Å². The SMILES string of the molecule is c1ccc(-c2nn(-c3ccccc3)cc2CSc2nncs2)cc1. The van der Waals surface area contributed by atoms with E-state index in [0.717, 1.165) is 27.0 Å². The number of para-hydroxylation sites is 1. The molecular formula is C18H14N4S2. The summed E-state index contributed by atoms with van der Waals surface area (Å²) in [6.45, 7) is 0. The zero-order valence-electron chi connectivity index (χ0n) is 12.7. The molecule has 118 valence electrons. The van der Waals surface area contributed by atoms with Crippen LogP contribution in [0.25, 0.3) is 16.9 Å². The van der Waals surface area contributed by atoms with Gasteiger partial charge in [-0.1, -0.05) is 71.6 Å². The van der Waals surface area contributed by atoms with E-state index in [0.29, 0.717) is 0 Å². The highest BCUT2D eigenvalue weighted by Gasteiger charge is 2.13. The van der Waals surface area contributed by atoms with E-state index in [4.69, 9.17) is 5.10 Å². The first-order valence-corrected chi connectivity index (χ1v) is 9.35. The molecule has 4 nitrogen and oxygen atoms in total. The molecule has 2 heterocycles. The van der Waals surface area contributed by atoms with Crippen molar-refractivity contribution in [2.75, 3.05) is 0 Å². The lowest BCUT2D eigenvalue weighted by molar-refractivity contribution is 0.884. The van der Waals surface area contributed by atoms with E-state index >= 15 is 0 Å². The Kier molecular flexibility index (Phi) is 4.40. The number of rotatable bonds is 5. The largest absolute Gasteiger partial charge is 0.240 e. The van der Waals surface area contributed by atoms with E-state index < -0.39 is 0 Å². The maximum absolute atomic E-state index is 4.82. The van der Waals surface area contributed by atoms with Crippen LogP contribution in [-0.2, 0) is 5.75 Å². The van der Waals surface area contributed by atoms with Gasteiger partial charge in [-0.2, -0.15) is 5.10 Å². The van der Waals surface area contributed by atoms with Gasteiger partial charge in [0.25, 0.3) is 0 Å². The molecular weight excluding hydrogens is 336 g/mol. The standard InChI is InChI=1S/C18H14N4S2/c1-3-7-14(8-4-1)17-15(12-23-18-20-19-13-24-18)11-22(21-17)16-9-5-2-6-10-16/h1-11,13H,12H2. The van der Waals surface area contributed by atoms with Gasteiger partial charge in [-0.3, -0.25) is 0 Å². The van der Waals surface area contributed by atoms with Crippen molar-refractivity contribution in [3.8, 4) is 16.9 Å². The summed E-state index contributed by atoms with van der Waals surface area (Å²) in [5.74, 6) is 0.812. The molecule has 0 aliphatic heterocycles. The lowest BCUT2D eigenvalue weighted by atomic mass is 10.1. The molecule has 0 atom stereocenters. The zero-order chi connectivity index (χ0) is 16.2. The predicted molar refractivity (Wildman–Crippen MR) is 98.5 cm³/mol. The van der Waals surface area contributed by atoms with Crippen LogP contribution in [0.2, 0.25) is 0 Å². The quantitative estimate of drug-likeness (QED) is 0.490. The molecule has 0 fully saturated rings. The second kappa shape index (κ2) is 6.98. The molecule has 0 saturated carbocycles. The lowest BCUT2D eigenvalue weighted by Gasteiger charge is -2.01. The molecule has 2 aromatic carbocycles. The number of hydrogen-bond donors (Lipinski definition) is 0. The van der Waals surface area contributed by atoms with Crippen LogP contribution in [-0.4, -0.2) is 20.0 Å². The van der Waals surface area contributed by atoms with Crippen molar-refractivity contribution >= 4 is 23.1 Å². The monoisotopic (exact) mass is 350 g/mol. The number of hydrogen-bond acceptors (Lipinski definition) is 5. The van der Waals surface area contributed by atoms with Gasteiger partial charge in [0.15, 0.2) is 4.34 Å². The zero-order valence-corrected chi connectivity index (χ0v) is 14.4. The van der Waals surface area contributed by atoms with Crippen molar-refractivity contribution in [1.82, 2.24) is 20.0 Å². The number of aromatic nitrogens is 4. The van der Waals surface area contributed by atoms with Gasteiger partial charge in [-0.15, -0.1) is 10.2 Å². The molecule has 0 spiro atoms. The van der Waals surface area contributed by atoms with E-state index in [2.05, 4.69) is 40.7 Å². The Labute approximate surface area is 148 Å². The van der Waals surface area contributed by atoms with Crippen LogP contribution < -0.4 is 0 Å². The summed E-state index contributed by atoms with van der Waals surface area (Å²) >= 11 is 3.25. The second-order valence-corrected chi connectivity index (χ2v) is 7.20. The van der Waals surface area contributed by atoms with Crippen molar-refractivity contribution in [1.29, 1.82) is 0 Å². The fourth-order valence-corrected chi connectivity index (χ4v) is 3.88. The van der Waals surface area contributed by atoms with E-state index in [1.807, 2.05) is 41.1 Å². The number of thioether (sulfide) groups is 1. The highest BCUT2D eigenvalue weighted by Crippen LogP contribution is 2.30. The van der Waals surface area contributed by atoms with Crippen LogP contribution >= 0.6 is 23.1 Å². The normalized spacial score (nSPS) is 10.8. The van der Waals surface area contributed by atoms with Crippen LogP contribution in [0, 0.1) is 0 Å². The summed E-state index contributed by atoms with van der Waals surface area (Å²) in [5, 5.41) is 12.8. The first-order valence-electron chi connectivity index (χ1n) is 7.48. The third-order valence-electron chi connectivity index (χ3n) is 3.55. The average Bonchev–Trinajstić information content (AvgIpc) is 3.31. The van der Waals surface area contributed by atoms with Gasteiger partial charge in [0.2, 0.25) is 0 Å². The molecule has 0 N–H and O–H groups in total. The van der Waals surface area contributed by atoms with Crippen LogP contribution in [0.4, 0.5) is 0 Å². The Morgan fingerprint density at radius 1 is 0.958 bits per heavy atom. The minimum atomic E-state index is 0.812. The van der Waals surface area contributed by atoms with Crippen molar-refractivity contribution in [3.05, 3.63) is 77.9 Å². The van der Waals surface area contributed by atoms with Gasteiger partial charge in [0, 0.05) is 23.1 Å². The maximum atomic E-state index is 4.82. The average molecular weight is 350 g/mol. The summed E-state index contributed by atoms with van der Waals surface area (Å²) in [4.78, 5) is 0. The van der Waals surface area contributed by atoms with Gasteiger partial charge in [-0.05, 0) is 12.1 Å². The third-order valence-corrected chi connectivity index (χ3v) is 5.46. The van der Waals surface area contributed by atoms with Crippen molar-refractivity contribution in [2.45, 2.75) is 10.1 Å².